The number of carbonyl (C=O) groups excluding carboxylic acids is 1. The topological polar surface area (TPSA) is 67.1 Å². The minimum Gasteiger partial charge on any atom is -0.337 e. The molecule has 2 rings (SSSR count). The van der Waals surface area contributed by atoms with Gasteiger partial charge in [0.15, 0.2) is 0 Å². The second-order valence-electron chi connectivity index (χ2n) is 3.41. The van der Waals surface area contributed by atoms with Crippen molar-refractivity contribution in [1.82, 2.24) is 10.7 Å². The van der Waals surface area contributed by atoms with Gasteiger partial charge >= 0.3 is 6.03 Å². The molecule has 0 spiro atoms. The summed E-state index contributed by atoms with van der Waals surface area (Å²) in [6.45, 7) is 0.587. The smallest absolute Gasteiger partial charge is 0.328 e. The fourth-order valence-electron chi connectivity index (χ4n) is 1.59. The first-order valence-electron chi connectivity index (χ1n) is 5.01. The number of hydrogen-bond acceptors (Lipinski definition) is 3. The van der Waals surface area contributed by atoms with Crippen LogP contribution in [0.15, 0.2) is 29.6 Å². The van der Waals surface area contributed by atoms with E-state index in [1.807, 2.05) is 17.6 Å². The Kier molecular flexibility index (Phi) is 3.38. The second kappa shape index (κ2) is 4.96. The van der Waals surface area contributed by atoms with Crippen LogP contribution in [-0.2, 0) is 6.42 Å². The van der Waals surface area contributed by atoms with Gasteiger partial charge in [-0.15, -0.1) is 11.3 Å². The van der Waals surface area contributed by atoms with E-state index in [0.29, 0.717) is 6.54 Å². The lowest BCUT2D eigenvalue weighted by atomic mass is 10.1. The Hall–Kier alpha value is -1.59. The van der Waals surface area contributed by atoms with Gasteiger partial charge in [-0.25, -0.2) is 10.6 Å². The van der Waals surface area contributed by atoms with Crippen LogP contribution in [0.2, 0.25) is 0 Å². The zero-order valence-corrected chi connectivity index (χ0v) is 9.51. The molecule has 5 heteroatoms. The third-order valence-electron chi connectivity index (χ3n) is 2.37. The van der Waals surface area contributed by atoms with Crippen LogP contribution < -0.4 is 16.6 Å². The van der Waals surface area contributed by atoms with Crippen molar-refractivity contribution in [1.29, 1.82) is 0 Å². The van der Waals surface area contributed by atoms with Crippen molar-refractivity contribution in [3.63, 3.8) is 0 Å². The van der Waals surface area contributed by atoms with Crippen LogP contribution >= 0.6 is 11.3 Å². The molecule has 84 valence electrons. The molecular weight excluding hydrogens is 222 g/mol. The largest absolute Gasteiger partial charge is 0.337 e. The molecule has 1 aromatic carbocycles. The van der Waals surface area contributed by atoms with Gasteiger partial charge in [0, 0.05) is 11.2 Å². The highest BCUT2D eigenvalue weighted by molar-refractivity contribution is 7.17. The van der Waals surface area contributed by atoms with Crippen LogP contribution in [0.25, 0.3) is 10.1 Å². The molecule has 0 bridgehead atoms. The number of hydrogen-bond donors (Lipinski definition) is 3. The van der Waals surface area contributed by atoms with E-state index in [9.17, 15) is 4.79 Å². The van der Waals surface area contributed by atoms with Crippen LogP contribution in [0.3, 0.4) is 0 Å². The Balaban J connectivity index is 2.02. The summed E-state index contributed by atoms with van der Waals surface area (Å²) in [5.74, 6) is 4.96. The average Bonchev–Trinajstić information content (AvgIpc) is 2.73. The van der Waals surface area contributed by atoms with E-state index < -0.39 is 0 Å². The summed E-state index contributed by atoms with van der Waals surface area (Å²) in [6.07, 6.45) is 0.817. The molecule has 0 saturated carbocycles. The Morgan fingerprint density at radius 1 is 1.38 bits per heavy atom. The van der Waals surface area contributed by atoms with E-state index in [-0.39, 0.29) is 6.03 Å². The molecule has 16 heavy (non-hydrogen) atoms. The summed E-state index contributed by atoms with van der Waals surface area (Å²) in [5, 5.41) is 6.06. The molecule has 1 aromatic heterocycles. The third kappa shape index (κ3) is 2.32. The zero-order chi connectivity index (χ0) is 11.4. The average molecular weight is 235 g/mol. The van der Waals surface area contributed by atoms with Crippen molar-refractivity contribution in [2.45, 2.75) is 6.42 Å². The van der Waals surface area contributed by atoms with E-state index in [4.69, 9.17) is 5.84 Å². The van der Waals surface area contributed by atoms with Gasteiger partial charge in [0.05, 0.1) is 0 Å². The Bertz CT molecular complexity index is 495. The minimum absolute atomic E-state index is 0.348. The highest BCUT2D eigenvalue weighted by atomic mass is 32.1. The minimum atomic E-state index is -0.348. The molecule has 0 atom stereocenters. The predicted octanol–water partition coefficient (Wildman–Crippen LogP) is 1.62. The summed E-state index contributed by atoms with van der Waals surface area (Å²) >= 11 is 1.73. The molecule has 0 aliphatic heterocycles. The first-order valence-corrected chi connectivity index (χ1v) is 5.89. The number of hydrazine groups is 1. The highest BCUT2D eigenvalue weighted by Gasteiger charge is 2.03. The second-order valence-corrected chi connectivity index (χ2v) is 4.32. The van der Waals surface area contributed by atoms with Gasteiger partial charge in [-0.1, -0.05) is 18.2 Å². The van der Waals surface area contributed by atoms with Crippen LogP contribution in [0.1, 0.15) is 5.56 Å². The maximum absolute atomic E-state index is 10.9. The monoisotopic (exact) mass is 235 g/mol. The van der Waals surface area contributed by atoms with Gasteiger partial charge in [-0.3, -0.25) is 5.43 Å². The fraction of sp³-hybridized carbons (Fsp3) is 0.182. The number of carbonyl (C=O) groups is 1. The Morgan fingerprint density at radius 2 is 2.19 bits per heavy atom. The van der Waals surface area contributed by atoms with E-state index in [1.54, 1.807) is 11.3 Å². The standard InChI is InChI=1S/C11H13N3OS/c12-14-11(15)13-6-5-8-7-16-10-4-2-1-3-9(8)10/h1-4,7H,5-6,12H2,(H2,13,14,15). The number of thiophene rings is 1. The molecule has 4 N–H and O–H groups in total. The molecule has 0 unspecified atom stereocenters. The number of benzene rings is 1. The summed E-state index contributed by atoms with van der Waals surface area (Å²) in [5.41, 5.74) is 3.30. The lowest BCUT2D eigenvalue weighted by Gasteiger charge is -2.03. The van der Waals surface area contributed by atoms with Crippen LogP contribution in [0, 0.1) is 0 Å². The van der Waals surface area contributed by atoms with Crippen LogP contribution in [0.5, 0.6) is 0 Å². The van der Waals surface area contributed by atoms with E-state index in [0.717, 1.165) is 6.42 Å². The maximum atomic E-state index is 10.9. The normalized spacial score (nSPS) is 10.3. The van der Waals surface area contributed by atoms with Crippen molar-refractivity contribution in [2.24, 2.45) is 5.84 Å². The van der Waals surface area contributed by atoms with E-state index >= 15 is 0 Å². The number of rotatable bonds is 3. The van der Waals surface area contributed by atoms with Gasteiger partial charge in [-0.2, -0.15) is 0 Å². The lowest BCUT2D eigenvalue weighted by molar-refractivity contribution is 0.241. The van der Waals surface area contributed by atoms with E-state index in [1.165, 1.54) is 15.6 Å². The molecule has 2 amide bonds. The maximum Gasteiger partial charge on any atom is 0.328 e. The fourth-order valence-corrected chi connectivity index (χ4v) is 2.59. The van der Waals surface area contributed by atoms with Crippen molar-refractivity contribution < 1.29 is 4.79 Å². The van der Waals surface area contributed by atoms with Crippen molar-refractivity contribution in [2.75, 3.05) is 6.54 Å². The molecule has 0 radical (unpaired) electrons. The highest BCUT2D eigenvalue weighted by Crippen LogP contribution is 2.25. The van der Waals surface area contributed by atoms with Crippen molar-refractivity contribution in [3.8, 4) is 0 Å². The number of nitrogens with one attached hydrogen (secondary N) is 2. The molecular formula is C11H13N3OS. The molecule has 2 aromatic rings. The lowest BCUT2D eigenvalue weighted by Crippen LogP contribution is -2.40. The summed E-state index contributed by atoms with van der Waals surface area (Å²) < 4.78 is 1.28. The van der Waals surface area contributed by atoms with Crippen molar-refractivity contribution >= 4 is 27.5 Å². The molecule has 0 fully saturated rings. The summed E-state index contributed by atoms with van der Waals surface area (Å²) in [7, 11) is 0. The first-order chi connectivity index (χ1) is 7.81. The summed E-state index contributed by atoms with van der Waals surface area (Å²) in [4.78, 5) is 10.9. The predicted molar refractivity (Wildman–Crippen MR) is 66.3 cm³/mol. The van der Waals surface area contributed by atoms with Gasteiger partial charge < -0.3 is 5.32 Å². The third-order valence-corrected chi connectivity index (χ3v) is 3.38. The van der Waals surface area contributed by atoms with Crippen molar-refractivity contribution in [3.05, 3.63) is 35.2 Å². The Morgan fingerprint density at radius 3 is 3.00 bits per heavy atom. The number of amides is 2. The van der Waals surface area contributed by atoms with Crippen LogP contribution in [-0.4, -0.2) is 12.6 Å². The first kappa shape index (κ1) is 10.9. The molecule has 0 saturated heterocycles. The number of fused-ring (bicyclic) bond motifs is 1. The van der Waals surface area contributed by atoms with Gasteiger partial charge in [-0.05, 0) is 28.8 Å². The number of nitrogens with two attached hydrogens (primary N) is 1. The van der Waals surface area contributed by atoms with Gasteiger partial charge in [0.25, 0.3) is 0 Å². The van der Waals surface area contributed by atoms with E-state index in [2.05, 4.69) is 22.8 Å². The SMILES string of the molecule is NNC(=O)NCCc1csc2ccccc12. The zero-order valence-electron chi connectivity index (χ0n) is 8.69. The molecule has 4 nitrogen and oxygen atoms in total. The van der Waals surface area contributed by atoms with Gasteiger partial charge in [0.1, 0.15) is 0 Å². The van der Waals surface area contributed by atoms with Gasteiger partial charge in [0.2, 0.25) is 0 Å². The number of urea groups is 1. The molecule has 0 aliphatic carbocycles. The quantitative estimate of drug-likeness (QED) is 0.430. The summed E-state index contributed by atoms with van der Waals surface area (Å²) in [6, 6.07) is 7.91. The Labute approximate surface area is 97.4 Å². The molecule has 1 heterocycles. The van der Waals surface area contributed by atoms with Crippen LogP contribution in [0.4, 0.5) is 4.79 Å². The molecule has 0 aliphatic rings.